The summed E-state index contributed by atoms with van der Waals surface area (Å²) in [6, 6.07) is 10.2. The first-order chi connectivity index (χ1) is 10.1. The van der Waals surface area contributed by atoms with Crippen LogP contribution in [-0.4, -0.2) is 18.8 Å². The fourth-order valence-corrected chi connectivity index (χ4v) is 2.53. The van der Waals surface area contributed by atoms with Crippen LogP contribution in [0.15, 0.2) is 40.9 Å². The van der Waals surface area contributed by atoms with Crippen molar-refractivity contribution in [2.24, 2.45) is 0 Å². The molecule has 0 amide bonds. The van der Waals surface area contributed by atoms with Gasteiger partial charge < -0.3 is 15.2 Å². The molecule has 3 nitrogen and oxygen atoms in total. The molecule has 0 saturated heterocycles. The Labute approximate surface area is 131 Å². The molecule has 0 bridgehead atoms. The van der Waals surface area contributed by atoms with E-state index in [1.165, 1.54) is 13.2 Å². The molecule has 0 aliphatic carbocycles. The van der Waals surface area contributed by atoms with E-state index in [0.29, 0.717) is 16.8 Å². The van der Waals surface area contributed by atoms with Gasteiger partial charge in [0.2, 0.25) is 0 Å². The normalized spacial score (nSPS) is 10.6. The summed E-state index contributed by atoms with van der Waals surface area (Å²) in [6.45, 7) is 1.38. The van der Waals surface area contributed by atoms with Crippen LogP contribution in [0.2, 0.25) is 0 Å². The highest BCUT2D eigenvalue weighted by molar-refractivity contribution is 9.10. The second kappa shape index (κ2) is 7.43. The van der Waals surface area contributed by atoms with Crippen LogP contribution in [0.3, 0.4) is 0 Å². The van der Waals surface area contributed by atoms with Crippen LogP contribution in [0.1, 0.15) is 11.1 Å². The van der Waals surface area contributed by atoms with Crippen molar-refractivity contribution in [3.05, 3.63) is 57.8 Å². The van der Waals surface area contributed by atoms with Crippen LogP contribution >= 0.6 is 15.9 Å². The lowest BCUT2D eigenvalue weighted by Gasteiger charge is -2.10. The molecule has 2 rings (SSSR count). The molecule has 2 aromatic rings. The van der Waals surface area contributed by atoms with E-state index in [4.69, 9.17) is 4.74 Å². The van der Waals surface area contributed by atoms with Gasteiger partial charge in [0, 0.05) is 6.54 Å². The Kier molecular flexibility index (Phi) is 5.59. The number of phenolic OH excluding ortho intramolecular Hbond substituents is 1. The summed E-state index contributed by atoms with van der Waals surface area (Å²) in [7, 11) is 1.52. The van der Waals surface area contributed by atoms with Crippen LogP contribution in [0.25, 0.3) is 0 Å². The number of aromatic hydroxyl groups is 1. The van der Waals surface area contributed by atoms with Crippen molar-refractivity contribution in [2.75, 3.05) is 13.7 Å². The van der Waals surface area contributed by atoms with Gasteiger partial charge in [0.25, 0.3) is 0 Å². The van der Waals surface area contributed by atoms with E-state index in [0.717, 1.165) is 24.1 Å². The molecule has 2 N–H and O–H groups in total. The van der Waals surface area contributed by atoms with E-state index in [2.05, 4.69) is 21.2 Å². The second-order valence-corrected chi connectivity index (χ2v) is 5.54. The Hall–Kier alpha value is -1.59. The third kappa shape index (κ3) is 4.44. The van der Waals surface area contributed by atoms with Crippen molar-refractivity contribution >= 4 is 15.9 Å². The predicted molar refractivity (Wildman–Crippen MR) is 84.2 cm³/mol. The van der Waals surface area contributed by atoms with Crippen molar-refractivity contribution in [3.63, 3.8) is 0 Å². The molecule has 21 heavy (non-hydrogen) atoms. The van der Waals surface area contributed by atoms with Crippen LogP contribution in [0, 0.1) is 5.82 Å². The third-order valence-corrected chi connectivity index (χ3v) is 3.72. The summed E-state index contributed by atoms with van der Waals surface area (Å²) < 4.78 is 18.8. The minimum atomic E-state index is -0.209. The average Bonchev–Trinajstić information content (AvgIpc) is 2.47. The molecule has 0 spiro atoms. The van der Waals surface area contributed by atoms with E-state index >= 15 is 0 Å². The highest BCUT2D eigenvalue weighted by Crippen LogP contribution is 2.35. The summed E-state index contributed by atoms with van der Waals surface area (Å²) in [6.07, 6.45) is 0.758. The number of phenols is 1. The Morgan fingerprint density at radius 1 is 1.24 bits per heavy atom. The largest absolute Gasteiger partial charge is 0.503 e. The molecule has 112 valence electrons. The lowest BCUT2D eigenvalue weighted by atomic mass is 10.1. The molecule has 0 heterocycles. The number of ether oxygens (including phenoxy) is 1. The molecule has 0 aliphatic heterocycles. The van der Waals surface area contributed by atoms with E-state index < -0.39 is 0 Å². The van der Waals surface area contributed by atoms with Crippen LogP contribution in [-0.2, 0) is 13.0 Å². The molecular weight excluding hydrogens is 337 g/mol. The van der Waals surface area contributed by atoms with Crippen molar-refractivity contribution in [3.8, 4) is 11.5 Å². The van der Waals surface area contributed by atoms with Crippen LogP contribution < -0.4 is 10.1 Å². The maximum atomic E-state index is 13.0. The Bertz CT molecular complexity index is 619. The number of hydrogen-bond donors (Lipinski definition) is 2. The van der Waals surface area contributed by atoms with Crippen molar-refractivity contribution in [2.45, 2.75) is 13.0 Å². The minimum Gasteiger partial charge on any atom is -0.503 e. The smallest absolute Gasteiger partial charge is 0.172 e. The molecule has 0 fully saturated rings. The zero-order valence-corrected chi connectivity index (χ0v) is 13.3. The fraction of sp³-hybridized carbons (Fsp3) is 0.250. The Balaban J connectivity index is 1.87. The molecule has 0 aliphatic rings. The van der Waals surface area contributed by atoms with E-state index in [1.54, 1.807) is 18.2 Å². The number of halogens is 2. The molecule has 0 saturated carbocycles. The molecular formula is C16H17BrFNO2. The average molecular weight is 354 g/mol. The summed E-state index contributed by atoms with van der Waals surface area (Å²) >= 11 is 3.29. The number of hydrogen-bond acceptors (Lipinski definition) is 3. The van der Waals surface area contributed by atoms with Crippen molar-refractivity contribution < 1.29 is 14.2 Å². The maximum Gasteiger partial charge on any atom is 0.172 e. The van der Waals surface area contributed by atoms with Crippen molar-refractivity contribution in [1.29, 1.82) is 0 Å². The third-order valence-electron chi connectivity index (χ3n) is 3.12. The van der Waals surface area contributed by atoms with E-state index in [-0.39, 0.29) is 11.6 Å². The topological polar surface area (TPSA) is 41.5 Å². The molecule has 5 heteroatoms. The van der Waals surface area contributed by atoms with Crippen molar-refractivity contribution in [1.82, 2.24) is 5.32 Å². The minimum absolute atomic E-state index is 0.0982. The summed E-state index contributed by atoms with van der Waals surface area (Å²) in [5.41, 5.74) is 1.96. The lowest BCUT2D eigenvalue weighted by molar-refractivity contribution is 0.371. The number of nitrogens with one attached hydrogen (secondary N) is 1. The SMILES string of the molecule is COc1cc(CNCCc2cccc(F)c2)cc(Br)c1O. The standard InChI is InChI=1S/C16H17BrFNO2/c1-21-15-9-12(8-14(17)16(15)20)10-19-6-5-11-3-2-4-13(18)7-11/h2-4,7-9,19-20H,5-6,10H2,1H3. The monoisotopic (exact) mass is 353 g/mol. The van der Waals surface area contributed by atoms with Gasteiger partial charge in [0.05, 0.1) is 11.6 Å². The first-order valence-electron chi connectivity index (χ1n) is 6.60. The zero-order valence-electron chi connectivity index (χ0n) is 11.7. The molecule has 0 atom stereocenters. The van der Waals surface area contributed by atoms with Gasteiger partial charge in [0.1, 0.15) is 5.82 Å². The number of benzene rings is 2. The Morgan fingerprint density at radius 3 is 2.76 bits per heavy atom. The van der Waals surface area contributed by atoms with Gasteiger partial charge >= 0.3 is 0 Å². The molecule has 0 unspecified atom stereocenters. The first-order valence-corrected chi connectivity index (χ1v) is 7.40. The number of methoxy groups -OCH3 is 1. The van der Waals surface area contributed by atoms with Gasteiger partial charge in [-0.2, -0.15) is 0 Å². The lowest BCUT2D eigenvalue weighted by Crippen LogP contribution is -2.16. The van der Waals surface area contributed by atoms with E-state index in [9.17, 15) is 9.50 Å². The summed E-state index contributed by atoms with van der Waals surface area (Å²) in [4.78, 5) is 0. The summed E-state index contributed by atoms with van der Waals surface area (Å²) in [5.74, 6) is 0.326. The molecule has 2 aromatic carbocycles. The summed E-state index contributed by atoms with van der Waals surface area (Å²) in [5, 5.41) is 13.0. The zero-order chi connectivity index (χ0) is 15.2. The highest BCUT2D eigenvalue weighted by Gasteiger charge is 2.08. The second-order valence-electron chi connectivity index (χ2n) is 4.69. The van der Waals surface area contributed by atoms with Crippen LogP contribution in [0.5, 0.6) is 11.5 Å². The predicted octanol–water partition coefficient (Wildman–Crippen LogP) is 3.63. The highest BCUT2D eigenvalue weighted by atomic mass is 79.9. The van der Waals surface area contributed by atoms with Crippen LogP contribution in [0.4, 0.5) is 4.39 Å². The first kappa shape index (κ1) is 15.8. The quantitative estimate of drug-likeness (QED) is 0.779. The molecule has 0 radical (unpaired) electrons. The van der Waals surface area contributed by atoms with Gasteiger partial charge in [-0.15, -0.1) is 0 Å². The van der Waals surface area contributed by atoms with Gasteiger partial charge in [-0.05, 0) is 64.3 Å². The maximum absolute atomic E-state index is 13.0. The molecule has 0 aromatic heterocycles. The van der Waals surface area contributed by atoms with Gasteiger partial charge in [-0.1, -0.05) is 12.1 Å². The van der Waals surface area contributed by atoms with E-state index in [1.807, 2.05) is 12.1 Å². The Morgan fingerprint density at radius 2 is 2.05 bits per heavy atom. The number of rotatable bonds is 6. The fourth-order valence-electron chi connectivity index (χ4n) is 2.04. The van der Waals surface area contributed by atoms with Gasteiger partial charge in [-0.3, -0.25) is 0 Å². The van der Waals surface area contributed by atoms with Gasteiger partial charge in [0.15, 0.2) is 11.5 Å². The van der Waals surface area contributed by atoms with Gasteiger partial charge in [-0.25, -0.2) is 4.39 Å².